The van der Waals surface area contributed by atoms with E-state index >= 15 is 0 Å². The quantitative estimate of drug-likeness (QED) is 0.451. The molecule has 2 rings (SSSR count). The SMILES string of the molecule is CC(C)(C)C(=O)Oc1cc2ncnc(Cl)c2cc1OC(=O)C(C)(C)C. The minimum Gasteiger partial charge on any atom is -0.422 e. The van der Waals surface area contributed by atoms with Crippen LogP contribution in [0.3, 0.4) is 0 Å². The van der Waals surface area contributed by atoms with E-state index in [2.05, 4.69) is 9.97 Å². The van der Waals surface area contributed by atoms with E-state index in [9.17, 15) is 9.59 Å². The van der Waals surface area contributed by atoms with Crippen molar-refractivity contribution in [2.24, 2.45) is 10.8 Å². The Morgan fingerprint density at radius 3 is 1.84 bits per heavy atom. The van der Waals surface area contributed by atoms with E-state index in [1.807, 2.05) is 0 Å². The van der Waals surface area contributed by atoms with E-state index < -0.39 is 22.8 Å². The minimum atomic E-state index is -0.725. The third kappa shape index (κ3) is 4.45. The number of carbonyl (C=O) groups is 2. The van der Waals surface area contributed by atoms with Crippen LogP contribution in [0, 0.1) is 10.8 Å². The molecule has 134 valence electrons. The fourth-order valence-electron chi connectivity index (χ4n) is 1.70. The normalized spacial score (nSPS) is 12.1. The summed E-state index contributed by atoms with van der Waals surface area (Å²) in [4.78, 5) is 32.5. The van der Waals surface area contributed by atoms with Gasteiger partial charge >= 0.3 is 11.9 Å². The molecule has 0 radical (unpaired) electrons. The third-order valence-corrected chi connectivity index (χ3v) is 3.58. The summed E-state index contributed by atoms with van der Waals surface area (Å²) < 4.78 is 10.9. The number of halogens is 1. The first-order valence-electron chi connectivity index (χ1n) is 7.78. The Kier molecular flexibility index (Phi) is 5.04. The van der Waals surface area contributed by atoms with Crippen LogP contribution in [0.2, 0.25) is 5.15 Å². The molecule has 1 aromatic heterocycles. The zero-order chi connectivity index (χ0) is 19.0. The fourth-order valence-corrected chi connectivity index (χ4v) is 1.89. The van der Waals surface area contributed by atoms with Crippen molar-refractivity contribution in [3.05, 3.63) is 23.6 Å². The number of hydrogen-bond donors (Lipinski definition) is 0. The Balaban J connectivity index is 2.54. The van der Waals surface area contributed by atoms with Crippen molar-refractivity contribution in [3.63, 3.8) is 0 Å². The average molecular weight is 365 g/mol. The number of aromatic nitrogens is 2. The largest absolute Gasteiger partial charge is 0.422 e. The number of ether oxygens (including phenoxy) is 2. The summed E-state index contributed by atoms with van der Waals surface area (Å²) in [6, 6.07) is 3.02. The van der Waals surface area contributed by atoms with Gasteiger partial charge < -0.3 is 9.47 Å². The Labute approximate surface area is 151 Å². The van der Waals surface area contributed by atoms with E-state index in [4.69, 9.17) is 21.1 Å². The summed E-state index contributed by atoms with van der Waals surface area (Å²) in [5.41, 5.74) is -0.965. The number of rotatable bonds is 2. The Morgan fingerprint density at radius 1 is 0.880 bits per heavy atom. The summed E-state index contributed by atoms with van der Waals surface area (Å²) in [5, 5.41) is 0.711. The molecule has 1 heterocycles. The molecule has 2 aromatic rings. The van der Waals surface area contributed by atoms with Gasteiger partial charge in [-0.15, -0.1) is 0 Å². The van der Waals surface area contributed by atoms with Gasteiger partial charge in [0.25, 0.3) is 0 Å². The van der Waals surface area contributed by atoms with Crippen molar-refractivity contribution >= 4 is 34.4 Å². The second-order valence-electron chi connectivity index (χ2n) is 7.76. The molecule has 6 nitrogen and oxygen atoms in total. The Bertz CT molecular complexity index is 835. The number of benzene rings is 1. The summed E-state index contributed by atoms with van der Waals surface area (Å²) >= 11 is 6.09. The molecule has 0 saturated carbocycles. The standard InChI is InChI=1S/C18H21ClN2O4/c1-17(2,3)15(22)24-12-7-10-11(20-9-21-14(10)19)8-13(12)25-16(23)18(4,5)6/h7-9H,1-6H3. The predicted octanol–water partition coefficient (Wildman–Crippen LogP) is 4.19. The summed E-state index contributed by atoms with van der Waals surface area (Å²) in [6.45, 7) is 10.4. The van der Waals surface area contributed by atoms with E-state index in [1.165, 1.54) is 18.5 Å². The molecule has 25 heavy (non-hydrogen) atoms. The van der Waals surface area contributed by atoms with Gasteiger partial charge in [-0.1, -0.05) is 11.6 Å². The number of esters is 2. The maximum atomic E-state index is 12.3. The lowest BCUT2D eigenvalue weighted by Gasteiger charge is -2.20. The predicted molar refractivity (Wildman–Crippen MR) is 94.7 cm³/mol. The smallest absolute Gasteiger partial charge is 0.316 e. The molecule has 0 bridgehead atoms. The fraction of sp³-hybridized carbons (Fsp3) is 0.444. The van der Waals surface area contributed by atoms with Gasteiger partial charge in [0.1, 0.15) is 11.5 Å². The summed E-state index contributed by atoms with van der Waals surface area (Å²) in [5.74, 6) is -0.713. The van der Waals surface area contributed by atoms with E-state index in [0.29, 0.717) is 10.9 Å². The molecule has 0 spiro atoms. The van der Waals surface area contributed by atoms with Crippen LogP contribution in [0.25, 0.3) is 10.9 Å². The van der Waals surface area contributed by atoms with Crippen LogP contribution in [0.5, 0.6) is 11.5 Å². The summed E-state index contributed by atoms with van der Waals surface area (Å²) in [7, 11) is 0. The molecule has 0 fully saturated rings. The maximum absolute atomic E-state index is 12.3. The number of nitrogens with zero attached hydrogens (tertiary/aromatic N) is 2. The third-order valence-electron chi connectivity index (χ3n) is 3.28. The van der Waals surface area contributed by atoms with Crippen LogP contribution < -0.4 is 9.47 Å². The van der Waals surface area contributed by atoms with Crippen LogP contribution in [0.15, 0.2) is 18.5 Å². The van der Waals surface area contributed by atoms with E-state index in [1.54, 1.807) is 41.5 Å². The second kappa shape index (κ2) is 6.59. The van der Waals surface area contributed by atoms with Crippen molar-refractivity contribution in [1.29, 1.82) is 0 Å². The van der Waals surface area contributed by atoms with Crippen molar-refractivity contribution < 1.29 is 19.1 Å². The van der Waals surface area contributed by atoms with Gasteiger partial charge in [-0.05, 0) is 47.6 Å². The van der Waals surface area contributed by atoms with Crippen molar-refractivity contribution in [3.8, 4) is 11.5 Å². The molecular weight excluding hydrogens is 344 g/mol. The van der Waals surface area contributed by atoms with Gasteiger partial charge in [-0.2, -0.15) is 0 Å². The van der Waals surface area contributed by atoms with Crippen molar-refractivity contribution in [2.75, 3.05) is 0 Å². The van der Waals surface area contributed by atoms with Gasteiger partial charge in [0.2, 0.25) is 0 Å². The minimum absolute atomic E-state index is 0.0988. The molecule has 1 aromatic carbocycles. The van der Waals surface area contributed by atoms with Crippen LogP contribution in [0.1, 0.15) is 41.5 Å². The highest BCUT2D eigenvalue weighted by molar-refractivity contribution is 6.34. The van der Waals surface area contributed by atoms with Gasteiger partial charge in [0, 0.05) is 11.5 Å². The Hall–Kier alpha value is -2.21. The van der Waals surface area contributed by atoms with Crippen LogP contribution in [-0.4, -0.2) is 21.9 Å². The van der Waals surface area contributed by atoms with Crippen molar-refractivity contribution in [1.82, 2.24) is 9.97 Å². The lowest BCUT2D eigenvalue weighted by Crippen LogP contribution is -2.27. The molecule has 7 heteroatoms. The zero-order valence-corrected chi connectivity index (χ0v) is 15.9. The molecule has 0 atom stereocenters. The highest BCUT2D eigenvalue weighted by atomic mass is 35.5. The van der Waals surface area contributed by atoms with Crippen LogP contribution >= 0.6 is 11.6 Å². The number of carbonyl (C=O) groups excluding carboxylic acids is 2. The monoisotopic (exact) mass is 364 g/mol. The molecule has 0 aliphatic heterocycles. The van der Waals surface area contributed by atoms with Gasteiger partial charge in [0.05, 0.1) is 16.3 Å². The average Bonchev–Trinajstić information content (AvgIpc) is 2.46. The first kappa shape index (κ1) is 19.1. The molecular formula is C18H21ClN2O4. The van der Waals surface area contributed by atoms with Gasteiger partial charge in [0.15, 0.2) is 11.5 Å². The molecule has 0 aliphatic rings. The molecule has 0 aliphatic carbocycles. The van der Waals surface area contributed by atoms with E-state index in [0.717, 1.165) is 0 Å². The lowest BCUT2D eigenvalue weighted by atomic mass is 9.97. The first-order valence-corrected chi connectivity index (χ1v) is 8.16. The van der Waals surface area contributed by atoms with Gasteiger partial charge in [-0.3, -0.25) is 9.59 Å². The highest BCUT2D eigenvalue weighted by Gasteiger charge is 2.28. The molecule has 0 unspecified atom stereocenters. The zero-order valence-electron chi connectivity index (χ0n) is 15.1. The highest BCUT2D eigenvalue weighted by Crippen LogP contribution is 2.36. The topological polar surface area (TPSA) is 78.4 Å². The van der Waals surface area contributed by atoms with Crippen LogP contribution in [-0.2, 0) is 9.59 Å². The lowest BCUT2D eigenvalue weighted by molar-refractivity contribution is -0.145. The second-order valence-corrected chi connectivity index (χ2v) is 8.12. The summed E-state index contributed by atoms with van der Waals surface area (Å²) in [6.07, 6.45) is 1.31. The number of hydrogen-bond acceptors (Lipinski definition) is 6. The molecule has 0 N–H and O–H groups in total. The van der Waals surface area contributed by atoms with Gasteiger partial charge in [-0.25, -0.2) is 9.97 Å². The first-order chi connectivity index (χ1) is 11.4. The van der Waals surface area contributed by atoms with E-state index in [-0.39, 0.29) is 16.7 Å². The van der Waals surface area contributed by atoms with Crippen LogP contribution in [0.4, 0.5) is 0 Å². The maximum Gasteiger partial charge on any atom is 0.316 e. The molecule has 0 amide bonds. The van der Waals surface area contributed by atoms with Crippen molar-refractivity contribution in [2.45, 2.75) is 41.5 Å². The molecule has 0 saturated heterocycles. The Morgan fingerprint density at radius 2 is 1.36 bits per heavy atom. The number of fused-ring (bicyclic) bond motifs is 1.